The molecule has 1 aliphatic rings. The van der Waals surface area contributed by atoms with Gasteiger partial charge in [-0.15, -0.1) is 0 Å². The fourth-order valence-corrected chi connectivity index (χ4v) is 1.77. The van der Waals surface area contributed by atoms with Crippen LogP contribution >= 0.6 is 0 Å². The summed E-state index contributed by atoms with van der Waals surface area (Å²) in [6, 6.07) is 0. The Bertz CT molecular complexity index is 227. The molecule has 1 saturated heterocycles. The highest BCUT2D eigenvalue weighted by atomic mass is 16.5. The second-order valence-corrected chi connectivity index (χ2v) is 4.55. The standard InChI is InChI=1S/C11H22N2O2/c1-4-11(3,8-12)10(14)13-5-6-15-9(2)7-13/h9H,4-8,12H2,1-3H3. The van der Waals surface area contributed by atoms with Crippen LogP contribution in [0.5, 0.6) is 0 Å². The van der Waals surface area contributed by atoms with Crippen LogP contribution in [-0.4, -0.2) is 43.2 Å². The largest absolute Gasteiger partial charge is 0.375 e. The van der Waals surface area contributed by atoms with Gasteiger partial charge in [0.1, 0.15) is 0 Å². The highest BCUT2D eigenvalue weighted by Crippen LogP contribution is 2.23. The second kappa shape index (κ2) is 4.94. The van der Waals surface area contributed by atoms with Crippen molar-refractivity contribution >= 4 is 5.91 Å². The van der Waals surface area contributed by atoms with Crippen LogP contribution in [-0.2, 0) is 9.53 Å². The molecule has 0 saturated carbocycles. The number of carbonyl (C=O) groups excluding carboxylic acids is 1. The van der Waals surface area contributed by atoms with E-state index in [1.165, 1.54) is 0 Å². The van der Waals surface area contributed by atoms with E-state index in [1.807, 2.05) is 25.7 Å². The van der Waals surface area contributed by atoms with E-state index in [2.05, 4.69) is 0 Å². The number of amides is 1. The van der Waals surface area contributed by atoms with Gasteiger partial charge in [0, 0.05) is 19.6 Å². The minimum absolute atomic E-state index is 0.140. The van der Waals surface area contributed by atoms with E-state index in [-0.39, 0.29) is 12.0 Å². The van der Waals surface area contributed by atoms with Crippen LogP contribution in [0, 0.1) is 5.41 Å². The zero-order chi connectivity index (χ0) is 11.5. The van der Waals surface area contributed by atoms with Crippen molar-refractivity contribution in [2.75, 3.05) is 26.2 Å². The summed E-state index contributed by atoms with van der Waals surface area (Å²) in [4.78, 5) is 14.1. The Morgan fingerprint density at radius 2 is 2.33 bits per heavy atom. The third-order valence-electron chi connectivity index (χ3n) is 3.28. The molecule has 0 aromatic carbocycles. The van der Waals surface area contributed by atoms with Crippen LogP contribution < -0.4 is 5.73 Å². The van der Waals surface area contributed by atoms with E-state index in [9.17, 15) is 4.79 Å². The van der Waals surface area contributed by atoms with Gasteiger partial charge in [-0.2, -0.15) is 0 Å². The molecule has 0 bridgehead atoms. The number of hydrogen-bond donors (Lipinski definition) is 1. The van der Waals surface area contributed by atoms with E-state index in [0.29, 0.717) is 26.2 Å². The molecule has 1 aliphatic heterocycles. The van der Waals surface area contributed by atoms with Gasteiger partial charge in [0.25, 0.3) is 0 Å². The van der Waals surface area contributed by atoms with Gasteiger partial charge in [0.05, 0.1) is 18.1 Å². The Morgan fingerprint density at radius 1 is 1.67 bits per heavy atom. The van der Waals surface area contributed by atoms with Crippen molar-refractivity contribution in [2.45, 2.75) is 33.3 Å². The van der Waals surface area contributed by atoms with Crippen molar-refractivity contribution in [2.24, 2.45) is 11.1 Å². The summed E-state index contributed by atoms with van der Waals surface area (Å²) in [6.07, 6.45) is 0.926. The first kappa shape index (κ1) is 12.5. The fraction of sp³-hybridized carbons (Fsp3) is 0.909. The summed E-state index contributed by atoms with van der Waals surface area (Å²) in [7, 11) is 0. The summed E-state index contributed by atoms with van der Waals surface area (Å²) < 4.78 is 5.41. The molecule has 0 spiro atoms. The summed E-state index contributed by atoms with van der Waals surface area (Å²) >= 11 is 0. The number of nitrogens with two attached hydrogens (primary N) is 1. The van der Waals surface area contributed by atoms with Gasteiger partial charge in [-0.25, -0.2) is 0 Å². The average Bonchev–Trinajstić information content (AvgIpc) is 2.27. The Hall–Kier alpha value is -0.610. The lowest BCUT2D eigenvalue weighted by atomic mass is 9.86. The molecule has 2 N–H and O–H groups in total. The topological polar surface area (TPSA) is 55.6 Å². The molecule has 1 amide bonds. The van der Waals surface area contributed by atoms with Crippen LogP contribution in [0.1, 0.15) is 27.2 Å². The summed E-state index contributed by atoms with van der Waals surface area (Å²) in [6.45, 7) is 8.37. The molecule has 2 unspecified atom stereocenters. The Morgan fingerprint density at radius 3 is 2.80 bits per heavy atom. The van der Waals surface area contributed by atoms with Crippen molar-refractivity contribution in [3.8, 4) is 0 Å². The molecule has 0 aliphatic carbocycles. The minimum Gasteiger partial charge on any atom is -0.375 e. The van der Waals surface area contributed by atoms with Crippen LogP contribution in [0.2, 0.25) is 0 Å². The van der Waals surface area contributed by atoms with E-state index in [4.69, 9.17) is 10.5 Å². The molecule has 4 heteroatoms. The van der Waals surface area contributed by atoms with E-state index >= 15 is 0 Å². The van der Waals surface area contributed by atoms with E-state index in [0.717, 1.165) is 6.42 Å². The number of rotatable bonds is 3. The maximum Gasteiger partial charge on any atom is 0.229 e. The molecule has 0 radical (unpaired) electrons. The lowest BCUT2D eigenvalue weighted by Gasteiger charge is -2.37. The van der Waals surface area contributed by atoms with Gasteiger partial charge in [-0.1, -0.05) is 6.92 Å². The lowest BCUT2D eigenvalue weighted by Crippen LogP contribution is -2.52. The third-order valence-corrected chi connectivity index (χ3v) is 3.28. The zero-order valence-electron chi connectivity index (χ0n) is 9.95. The quantitative estimate of drug-likeness (QED) is 0.749. The second-order valence-electron chi connectivity index (χ2n) is 4.55. The molecule has 0 aromatic heterocycles. The van der Waals surface area contributed by atoms with Crippen LogP contribution in [0.25, 0.3) is 0 Å². The van der Waals surface area contributed by atoms with Gasteiger partial charge in [0.2, 0.25) is 5.91 Å². The lowest BCUT2D eigenvalue weighted by molar-refractivity contribution is -0.147. The molecule has 1 fully saturated rings. The van der Waals surface area contributed by atoms with Crippen molar-refractivity contribution < 1.29 is 9.53 Å². The Balaban J connectivity index is 2.66. The van der Waals surface area contributed by atoms with Crippen molar-refractivity contribution in [1.82, 2.24) is 4.90 Å². The van der Waals surface area contributed by atoms with Crippen molar-refractivity contribution in [1.29, 1.82) is 0 Å². The number of hydrogen-bond acceptors (Lipinski definition) is 3. The van der Waals surface area contributed by atoms with Gasteiger partial charge in [-0.3, -0.25) is 4.79 Å². The van der Waals surface area contributed by atoms with Gasteiger partial charge in [-0.05, 0) is 20.3 Å². The fourth-order valence-electron chi connectivity index (χ4n) is 1.77. The molecule has 2 atom stereocenters. The first-order valence-electron chi connectivity index (χ1n) is 5.64. The Labute approximate surface area is 91.8 Å². The normalized spacial score (nSPS) is 26.1. The molecule has 4 nitrogen and oxygen atoms in total. The Kier molecular flexibility index (Phi) is 4.11. The van der Waals surface area contributed by atoms with Gasteiger partial charge in [0.15, 0.2) is 0 Å². The van der Waals surface area contributed by atoms with Crippen LogP contribution in [0.15, 0.2) is 0 Å². The van der Waals surface area contributed by atoms with Crippen molar-refractivity contribution in [3.63, 3.8) is 0 Å². The average molecular weight is 214 g/mol. The first-order valence-corrected chi connectivity index (χ1v) is 5.64. The summed E-state index contributed by atoms with van der Waals surface area (Å²) in [5, 5.41) is 0. The smallest absolute Gasteiger partial charge is 0.229 e. The molecule has 15 heavy (non-hydrogen) atoms. The maximum absolute atomic E-state index is 12.2. The zero-order valence-corrected chi connectivity index (χ0v) is 9.95. The minimum atomic E-state index is -0.406. The first-order chi connectivity index (χ1) is 7.03. The molecule has 0 aromatic rings. The molecular weight excluding hydrogens is 192 g/mol. The highest BCUT2D eigenvalue weighted by Gasteiger charge is 2.35. The highest BCUT2D eigenvalue weighted by molar-refractivity contribution is 5.82. The van der Waals surface area contributed by atoms with Crippen molar-refractivity contribution in [3.05, 3.63) is 0 Å². The monoisotopic (exact) mass is 214 g/mol. The predicted molar refractivity (Wildman–Crippen MR) is 59.4 cm³/mol. The van der Waals surface area contributed by atoms with E-state index in [1.54, 1.807) is 0 Å². The summed E-state index contributed by atoms with van der Waals surface area (Å²) in [5.41, 5.74) is 5.28. The molecular formula is C11H22N2O2. The third kappa shape index (κ3) is 2.69. The van der Waals surface area contributed by atoms with Gasteiger partial charge >= 0.3 is 0 Å². The van der Waals surface area contributed by atoms with Gasteiger partial charge < -0.3 is 15.4 Å². The summed E-state index contributed by atoms with van der Waals surface area (Å²) in [5.74, 6) is 0.169. The van der Waals surface area contributed by atoms with Crippen LogP contribution in [0.3, 0.4) is 0 Å². The predicted octanol–water partition coefficient (Wildman–Crippen LogP) is 0.609. The SMILES string of the molecule is CCC(C)(CN)C(=O)N1CCOC(C)C1. The van der Waals surface area contributed by atoms with E-state index < -0.39 is 5.41 Å². The number of ether oxygens (including phenoxy) is 1. The number of nitrogens with zero attached hydrogens (tertiary/aromatic N) is 1. The van der Waals surface area contributed by atoms with Crippen LogP contribution in [0.4, 0.5) is 0 Å². The molecule has 1 rings (SSSR count). The molecule has 1 heterocycles. The number of carbonyl (C=O) groups is 1. The molecule has 88 valence electrons. The number of morpholine rings is 1. The maximum atomic E-state index is 12.2.